The second-order valence-electron chi connectivity index (χ2n) is 3.08. The van der Waals surface area contributed by atoms with Crippen LogP contribution in [0.5, 0.6) is 0 Å². The van der Waals surface area contributed by atoms with Gasteiger partial charge in [0.15, 0.2) is 0 Å². The van der Waals surface area contributed by atoms with E-state index in [2.05, 4.69) is 28.2 Å². The second-order valence-corrected chi connectivity index (χ2v) is 3.94. The Morgan fingerprint density at radius 2 is 2.36 bits per heavy atom. The molecule has 1 rings (SSSR count). The maximum atomic E-state index is 5.41. The van der Waals surface area contributed by atoms with E-state index in [-0.39, 0.29) is 12.1 Å². The summed E-state index contributed by atoms with van der Waals surface area (Å²) in [4.78, 5) is 0. The van der Waals surface area contributed by atoms with E-state index >= 15 is 0 Å². The molecule has 0 fully saturated rings. The first kappa shape index (κ1) is 11.8. The summed E-state index contributed by atoms with van der Waals surface area (Å²) >= 11 is 3.45. The zero-order valence-corrected chi connectivity index (χ0v) is 10.3. The Labute approximate surface area is 92.9 Å². The van der Waals surface area contributed by atoms with E-state index in [1.165, 1.54) is 0 Å². The lowest BCUT2D eigenvalue weighted by molar-refractivity contribution is 0.0603. The van der Waals surface area contributed by atoms with Gasteiger partial charge in [-0.1, -0.05) is 6.92 Å². The van der Waals surface area contributed by atoms with E-state index in [1.807, 2.05) is 13.1 Å². The molecule has 0 spiro atoms. The van der Waals surface area contributed by atoms with E-state index in [1.54, 1.807) is 13.4 Å². The molecule has 0 amide bonds. The van der Waals surface area contributed by atoms with Crippen molar-refractivity contribution in [3.8, 4) is 0 Å². The normalized spacial score (nSPS) is 15.4. The Morgan fingerprint density at radius 3 is 2.71 bits per heavy atom. The van der Waals surface area contributed by atoms with Crippen molar-refractivity contribution in [1.29, 1.82) is 0 Å². The molecule has 14 heavy (non-hydrogen) atoms. The monoisotopic (exact) mass is 261 g/mol. The van der Waals surface area contributed by atoms with Crippen LogP contribution in [-0.2, 0) is 4.74 Å². The van der Waals surface area contributed by atoms with Crippen LogP contribution in [0.25, 0.3) is 0 Å². The van der Waals surface area contributed by atoms with Gasteiger partial charge in [0.2, 0.25) is 0 Å². The fourth-order valence-electron chi connectivity index (χ4n) is 1.55. The van der Waals surface area contributed by atoms with Gasteiger partial charge in [0.25, 0.3) is 0 Å². The molecule has 2 unspecified atom stereocenters. The first-order valence-electron chi connectivity index (χ1n) is 4.67. The van der Waals surface area contributed by atoms with Crippen LogP contribution in [0.4, 0.5) is 0 Å². The number of nitrogens with one attached hydrogen (secondary N) is 1. The fourth-order valence-corrected chi connectivity index (χ4v) is 2.00. The summed E-state index contributed by atoms with van der Waals surface area (Å²) in [6.45, 7) is 2.09. The van der Waals surface area contributed by atoms with E-state index in [9.17, 15) is 0 Å². The maximum absolute atomic E-state index is 5.41. The molecule has 0 saturated heterocycles. The Hall–Kier alpha value is -0.320. The second kappa shape index (κ2) is 5.53. The minimum absolute atomic E-state index is 0.0920. The molecule has 80 valence electrons. The number of ether oxygens (including phenoxy) is 1. The Balaban J connectivity index is 2.86. The smallest absolute Gasteiger partial charge is 0.137 e. The standard InChI is InChI=1S/C10H16BrNO2/c1-4-8(13-3)9(12-2)10-7(11)5-6-14-10/h5-6,8-9,12H,4H2,1-3H3. The summed E-state index contributed by atoms with van der Waals surface area (Å²) in [5, 5.41) is 3.20. The molecule has 1 heterocycles. The first-order chi connectivity index (χ1) is 6.74. The van der Waals surface area contributed by atoms with Gasteiger partial charge in [-0.25, -0.2) is 0 Å². The minimum atomic E-state index is 0.0920. The molecule has 1 N–H and O–H groups in total. The van der Waals surface area contributed by atoms with Gasteiger partial charge >= 0.3 is 0 Å². The molecule has 1 aromatic rings. The Bertz CT molecular complexity index is 271. The third-order valence-corrected chi connectivity index (χ3v) is 2.97. The molecule has 0 aliphatic heterocycles. The van der Waals surface area contributed by atoms with E-state index < -0.39 is 0 Å². The molecular weight excluding hydrogens is 246 g/mol. The highest BCUT2D eigenvalue weighted by Gasteiger charge is 2.24. The van der Waals surface area contributed by atoms with Gasteiger partial charge in [-0.15, -0.1) is 0 Å². The highest BCUT2D eigenvalue weighted by atomic mass is 79.9. The number of likely N-dealkylation sites (N-methyl/N-ethyl adjacent to an activating group) is 1. The summed E-state index contributed by atoms with van der Waals surface area (Å²) in [5.41, 5.74) is 0. The van der Waals surface area contributed by atoms with Crippen molar-refractivity contribution in [1.82, 2.24) is 5.32 Å². The molecule has 0 bridgehead atoms. The lowest BCUT2D eigenvalue weighted by Crippen LogP contribution is -2.30. The third kappa shape index (κ3) is 2.38. The molecule has 1 aromatic heterocycles. The molecule has 0 saturated carbocycles. The number of methoxy groups -OCH3 is 1. The number of hydrogen-bond acceptors (Lipinski definition) is 3. The fraction of sp³-hybridized carbons (Fsp3) is 0.600. The summed E-state index contributed by atoms with van der Waals surface area (Å²) in [6.07, 6.45) is 2.74. The van der Waals surface area contributed by atoms with Crippen LogP contribution >= 0.6 is 15.9 Å². The molecule has 0 radical (unpaired) electrons. The Morgan fingerprint density at radius 1 is 1.64 bits per heavy atom. The summed E-state index contributed by atoms with van der Waals surface area (Å²) in [6, 6.07) is 1.98. The minimum Gasteiger partial charge on any atom is -0.466 e. The quantitative estimate of drug-likeness (QED) is 0.885. The number of furan rings is 1. The Kier molecular flexibility index (Phi) is 4.65. The molecule has 0 aliphatic carbocycles. The molecule has 3 nitrogen and oxygen atoms in total. The molecule has 2 atom stereocenters. The van der Waals surface area contributed by atoms with Gasteiger partial charge in [-0.3, -0.25) is 0 Å². The number of rotatable bonds is 5. The van der Waals surface area contributed by atoms with Crippen molar-refractivity contribution < 1.29 is 9.15 Å². The largest absolute Gasteiger partial charge is 0.466 e. The molecule has 0 aliphatic rings. The summed E-state index contributed by atoms with van der Waals surface area (Å²) in [5.74, 6) is 0.890. The van der Waals surface area contributed by atoms with Crippen LogP contribution in [0.2, 0.25) is 0 Å². The van der Waals surface area contributed by atoms with Crippen molar-refractivity contribution in [3.05, 3.63) is 22.6 Å². The van der Waals surface area contributed by atoms with Crippen molar-refractivity contribution >= 4 is 15.9 Å². The van der Waals surface area contributed by atoms with Crippen LogP contribution in [-0.4, -0.2) is 20.3 Å². The maximum Gasteiger partial charge on any atom is 0.137 e. The van der Waals surface area contributed by atoms with Crippen LogP contribution in [0.3, 0.4) is 0 Å². The zero-order valence-electron chi connectivity index (χ0n) is 8.71. The average molecular weight is 262 g/mol. The van der Waals surface area contributed by atoms with Crippen molar-refractivity contribution in [3.63, 3.8) is 0 Å². The highest BCUT2D eigenvalue weighted by molar-refractivity contribution is 9.10. The van der Waals surface area contributed by atoms with Crippen LogP contribution in [0, 0.1) is 0 Å². The van der Waals surface area contributed by atoms with E-state index in [4.69, 9.17) is 9.15 Å². The lowest BCUT2D eigenvalue weighted by atomic mass is 10.1. The van der Waals surface area contributed by atoms with Gasteiger partial charge in [-0.05, 0) is 35.5 Å². The van der Waals surface area contributed by atoms with Gasteiger partial charge < -0.3 is 14.5 Å². The molecule has 0 aromatic carbocycles. The zero-order chi connectivity index (χ0) is 10.6. The van der Waals surface area contributed by atoms with Gasteiger partial charge in [0, 0.05) is 7.11 Å². The van der Waals surface area contributed by atoms with Crippen molar-refractivity contribution in [2.75, 3.05) is 14.2 Å². The summed E-state index contributed by atoms with van der Waals surface area (Å²) < 4.78 is 11.8. The molecular formula is C10H16BrNO2. The number of halogens is 1. The SMILES string of the molecule is CCC(OC)C(NC)c1occc1Br. The lowest BCUT2D eigenvalue weighted by Gasteiger charge is -2.23. The van der Waals surface area contributed by atoms with Crippen LogP contribution < -0.4 is 5.32 Å². The summed E-state index contributed by atoms with van der Waals surface area (Å²) in [7, 11) is 3.62. The predicted molar refractivity (Wildman–Crippen MR) is 59.3 cm³/mol. The van der Waals surface area contributed by atoms with Crippen LogP contribution in [0.1, 0.15) is 25.1 Å². The molecule has 4 heteroatoms. The topological polar surface area (TPSA) is 34.4 Å². The van der Waals surface area contributed by atoms with E-state index in [0.717, 1.165) is 16.7 Å². The van der Waals surface area contributed by atoms with Gasteiger partial charge in [0.1, 0.15) is 5.76 Å². The van der Waals surface area contributed by atoms with Crippen LogP contribution in [0.15, 0.2) is 21.2 Å². The highest BCUT2D eigenvalue weighted by Crippen LogP contribution is 2.28. The van der Waals surface area contributed by atoms with Crippen molar-refractivity contribution in [2.45, 2.75) is 25.5 Å². The van der Waals surface area contributed by atoms with Crippen molar-refractivity contribution in [2.24, 2.45) is 0 Å². The van der Waals surface area contributed by atoms with Gasteiger partial charge in [0.05, 0.1) is 22.9 Å². The van der Waals surface area contributed by atoms with E-state index in [0.29, 0.717) is 0 Å². The first-order valence-corrected chi connectivity index (χ1v) is 5.46. The third-order valence-electron chi connectivity index (χ3n) is 2.32. The van der Waals surface area contributed by atoms with Gasteiger partial charge in [-0.2, -0.15) is 0 Å². The predicted octanol–water partition coefficient (Wildman–Crippen LogP) is 2.73. The average Bonchev–Trinajstić information content (AvgIpc) is 2.61. The number of hydrogen-bond donors (Lipinski definition) is 1.